The fourth-order valence-electron chi connectivity index (χ4n) is 1.38. The van der Waals surface area contributed by atoms with Crippen LogP contribution in [0.4, 0.5) is 20.5 Å². The summed E-state index contributed by atoms with van der Waals surface area (Å²) in [6.45, 7) is 4.38. The summed E-state index contributed by atoms with van der Waals surface area (Å²) in [6, 6.07) is 3.38. The van der Waals surface area contributed by atoms with Gasteiger partial charge in [-0.3, -0.25) is 0 Å². The Hall–Kier alpha value is -2.02. The molecule has 1 heterocycles. The van der Waals surface area contributed by atoms with Crippen molar-refractivity contribution >= 4 is 11.7 Å². The lowest BCUT2D eigenvalue weighted by molar-refractivity contribution is 0.460. The molecule has 2 N–H and O–H groups in total. The first-order chi connectivity index (χ1) is 9.04. The smallest absolute Gasteiger partial charge is 0.320 e. The molecule has 2 rings (SSSR count). The lowest BCUT2D eigenvalue weighted by atomic mass is 10.3. The van der Waals surface area contributed by atoms with Crippen molar-refractivity contribution in [3.63, 3.8) is 0 Å². The number of aromatic nitrogens is 2. The summed E-state index contributed by atoms with van der Waals surface area (Å²) in [6.07, 6.45) is 0. The van der Waals surface area contributed by atoms with Gasteiger partial charge >= 0.3 is 6.01 Å². The Kier molecular flexibility index (Phi) is 4.06. The fraction of sp³-hybridized carbons (Fsp3) is 0.333. The Balaban J connectivity index is 2.05. The molecule has 0 atom stereocenters. The van der Waals surface area contributed by atoms with E-state index < -0.39 is 11.6 Å². The van der Waals surface area contributed by atoms with Crippen LogP contribution in [0, 0.1) is 11.6 Å². The van der Waals surface area contributed by atoms with Crippen molar-refractivity contribution in [3.05, 3.63) is 35.7 Å². The van der Waals surface area contributed by atoms with Gasteiger partial charge in [0.05, 0.1) is 12.2 Å². The fourth-order valence-corrected chi connectivity index (χ4v) is 1.38. The lowest BCUT2D eigenvalue weighted by Gasteiger charge is -2.04. The number of nitrogens with zero attached hydrogens (tertiary/aromatic N) is 2. The van der Waals surface area contributed by atoms with E-state index in [4.69, 9.17) is 4.42 Å². The first-order valence-electron chi connectivity index (χ1n) is 5.82. The second kappa shape index (κ2) is 5.75. The quantitative estimate of drug-likeness (QED) is 0.872. The minimum Gasteiger partial charge on any atom is -0.406 e. The molecule has 1 aromatic heterocycles. The van der Waals surface area contributed by atoms with Crippen molar-refractivity contribution in [2.45, 2.75) is 26.4 Å². The minimum atomic E-state index is -0.596. The van der Waals surface area contributed by atoms with Crippen LogP contribution in [-0.2, 0) is 6.54 Å². The monoisotopic (exact) mass is 268 g/mol. The Morgan fingerprint density at radius 1 is 1.26 bits per heavy atom. The van der Waals surface area contributed by atoms with Crippen LogP contribution >= 0.6 is 0 Å². The van der Waals surface area contributed by atoms with E-state index in [2.05, 4.69) is 20.8 Å². The van der Waals surface area contributed by atoms with Gasteiger partial charge in [0.15, 0.2) is 0 Å². The molecule has 0 bridgehead atoms. The summed E-state index contributed by atoms with van der Waals surface area (Å²) < 4.78 is 31.6. The average molecular weight is 268 g/mol. The Labute approximate surface area is 109 Å². The molecule has 0 saturated heterocycles. The third-order valence-electron chi connectivity index (χ3n) is 2.30. The van der Waals surface area contributed by atoms with Crippen LogP contribution in [0.15, 0.2) is 22.6 Å². The summed E-state index contributed by atoms with van der Waals surface area (Å²) in [5, 5.41) is 13.1. The van der Waals surface area contributed by atoms with E-state index in [0.29, 0.717) is 12.4 Å². The molecule has 0 spiro atoms. The highest BCUT2D eigenvalue weighted by molar-refractivity contribution is 5.52. The van der Waals surface area contributed by atoms with Crippen LogP contribution in [0.25, 0.3) is 0 Å². The maximum atomic E-state index is 13.4. The van der Waals surface area contributed by atoms with Gasteiger partial charge in [-0.2, -0.15) is 0 Å². The SMILES string of the molecule is CC(C)NCc1nnc(Nc2cc(F)ccc2F)o1. The van der Waals surface area contributed by atoms with Crippen molar-refractivity contribution in [2.24, 2.45) is 0 Å². The molecule has 1 aromatic carbocycles. The molecule has 0 aliphatic rings. The molecule has 2 aromatic rings. The van der Waals surface area contributed by atoms with Gasteiger partial charge < -0.3 is 15.1 Å². The van der Waals surface area contributed by atoms with E-state index in [1.54, 1.807) is 0 Å². The third kappa shape index (κ3) is 3.72. The van der Waals surface area contributed by atoms with Gasteiger partial charge in [0.25, 0.3) is 0 Å². The standard InChI is InChI=1S/C12H14F2N4O/c1-7(2)15-6-11-17-18-12(19-11)16-10-5-8(13)3-4-9(10)14/h3-5,7,15H,6H2,1-2H3,(H,16,18). The largest absolute Gasteiger partial charge is 0.406 e. The van der Waals surface area contributed by atoms with Crippen LogP contribution in [-0.4, -0.2) is 16.2 Å². The molecule has 0 radical (unpaired) electrons. The number of benzene rings is 1. The van der Waals surface area contributed by atoms with E-state index in [9.17, 15) is 8.78 Å². The van der Waals surface area contributed by atoms with Crippen molar-refractivity contribution in [1.29, 1.82) is 0 Å². The molecular weight excluding hydrogens is 254 g/mol. The summed E-state index contributed by atoms with van der Waals surface area (Å²) in [7, 11) is 0. The molecule has 0 saturated carbocycles. The highest BCUT2D eigenvalue weighted by Gasteiger charge is 2.10. The van der Waals surface area contributed by atoms with Gasteiger partial charge in [-0.1, -0.05) is 18.9 Å². The Bertz CT molecular complexity index is 556. The number of hydrogen-bond donors (Lipinski definition) is 2. The second-order valence-electron chi connectivity index (χ2n) is 4.29. The van der Waals surface area contributed by atoms with Gasteiger partial charge in [0.1, 0.15) is 11.6 Å². The second-order valence-corrected chi connectivity index (χ2v) is 4.29. The first-order valence-corrected chi connectivity index (χ1v) is 5.82. The molecule has 102 valence electrons. The summed E-state index contributed by atoms with van der Waals surface area (Å²) in [4.78, 5) is 0. The molecule has 0 unspecified atom stereocenters. The Morgan fingerprint density at radius 3 is 2.79 bits per heavy atom. The van der Waals surface area contributed by atoms with Crippen molar-refractivity contribution in [3.8, 4) is 0 Å². The van der Waals surface area contributed by atoms with Crippen molar-refractivity contribution < 1.29 is 13.2 Å². The van der Waals surface area contributed by atoms with Crippen molar-refractivity contribution in [1.82, 2.24) is 15.5 Å². The molecule has 0 fully saturated rings. The number of halogens is 2. The zero-order valence-corrected chi connectivity index (χ0v) is 10.6. The van der Waals surface area contributed by atoms with E-state index in [1.807, 2.05) is 13.8 Å². The summed E-state index contributed by atoms with van der Waals surface area (Å²) >= 11 is 0. The number of hydrogen-bond acceptors (Lipinski definition) is 5. The van der Waals surface area contributed by atoms with Crippen LogP contribution in [0.2, 0.25) is 0 Å². The minimum absolute atomic E-state index is 0.0186. The zero-order valence-electron chi connectivity index (χ0n) is 10.6. The van der Waals surface area contributed by atoms with E-state index in [-0.39, 0.29) is 17.7 Å². The Morgan fingerprint density at radius 2 is 2.05 bits per heavy atom. The zero-order chi connectivity index (χ0) is 13.8. The van der Waals surface area contributed by atoms with Crippen LogP contribution in [0.5, 0.6) is 0 Å². The van der Waals surface area contributed by atoms with Gasteiger partial charge in [-0.25, -0.2) is 8.78 Å². The number of rotatable bonds is 5. The molecule has 0 amide bonds. The summed E-state index contributed by atoms with van der Waals surface area (Å²) in [5.74, 6) is -0.778. The van der Waals surface area contributed by atoms with Gasteiger partial charge in [0.2, 0.25) is 5.89 Å². The molecule has 7 heteroatoms. The lowest BCUT2D eigenvalue weighted by Crippen LogP contribution is -2.21. The van der Waals surface area contributed by atoms with Crippen LogP contribution < -0.4 is 10.6 Å². The van der Waals surface area contributed by atoms with E-state index in [0.717, 1.165) is 18.2 Å². The average Bonchev–Trinajstić information content (AvgIpc) is 2.79. The van der Waals surface area contributed by atoms with Crippen LogP contribution in [0.1, 0.15) is 19.7 Å². The number of nitrogens with one attached hydrogen (secondary N) is 2. The molecule has 5 nitrogen and oxygen atoms in total. The van der Waals surface area contributed by atoms with Gasteiger partial charge in [-0.15, -0.1) is 5.10 Å². The molecule has 0 aliphatic heterocycles. The van der Waals surface area contributed by atoms with E-state index >= 15 is 0 Å². The predicted molar refractivity (Wildman–Crippen MR) is 65.9 cm³/mol. The number of anilines is 2. The normalized spacial score (nSPS) is 11.0. The highest BCUT2D eigenvalue weighted by Crippen LogP contribution is 2.19. The van der Waals surface area contributed by atoms with Gasteiger partial charge in [0, 0.05) is 12.1 Å². The first kappa shape index (κ1) is 13.4. The van der Waals surface area contributed by atoms with E-state index in [1.165, 1.54) is 0 Å². The third-order valence-corrected chi connectivity index (χ3v) is 2.30. The maximum absolute atomic E-state index is 13.4. The molecular formula is C12H14F2N4O. The predicted octanol–water partition coefficient (Wildman–Crippen LogP) is 2.59. The molecule has 19 heavy (non-hydrogen) atoms. The highest BCUT2D eigenvalue weighted by atomic mass is 19.1. The molecule has 0 aliphatic carbocycles. The maximum Gasteiger partial charge on any atom is 0.320 e. The van der Waals surface area contributed by atoms with Crippen LogP contribution in [0.3, 0.4) is 0 Å². The van der Waals surface area contributed by atoms with Crippen molar-refractivity contribution in [2.75, 3.05) is 5.32 Å². The summed E-state index contributed by atoms with van der Waals surface area (Å²) in [5.41, 5.74) is -0.0491. The topological polar surface area (TPSA) is 63.0 Å². The van der Waals surface area contributed by atoms with Gasteiger partial charge in [-0.05, 0) is 12.1 Å².